The van der Waals surface area contributed by atoms with Crippen molar-refractivity contribution in [3.8, 4) is 0 Å². The van der Waals surface area contributed by atoms with Gasteiger partial charge in [0.25, 0.3) is 0 Å². The molecule has 1 aliphatic carbocycles. The van der Waals surface area contributed by atoms with Crippen molar-refractivity contribution < 1.29 is 9.59 Å². The molecule has 1 saturated carbocycles. The molecule has 0 aliphatic heterocycles. The van der Waals surface area contributed by atoms with E-state index in [1.54, 1.807) is 4.90 Å². The van der Waals surface area contributed by atoms with Crippen LogP contribution in [0.25, 0.3) is 0 Å². The average molecular weight is 364 g/mol. The first-order chi connectivity index (χ1) is 12.9. The molecular weight excluding hydrogens is 336 g/mol. The zero-order chi connectivity index (χ0) is 19.6. The maximum Gasteiger partial charge on any atom is 0.242 e. The summed E-state index contributed by atoms with van der Waals surface area (Å²) >= 11 is 0. The van der Waals surface area contributed by atoms with Crippen LogP contribution < -0.4 is 10.2 Å². The summed E-state index contributed by atoms with van der Waals surface area (Å²) in [5, 5.41) is 3.03. The third-order valence-electron chi connectivity index (χ3n) is 5.30. The molecule has 0 saturated heterocycles. The van der Waals surface area contributed by atoms with Crippen LogP contribution in [0.1, 0.15) is 50.7 Å². The van der Waals surface area contributed by atoms with Crippen LogP contribution in [0.3, 0.4) is 0 Å². The maximum atomic E-state index is 13.3. The molecular formula is C23H28N2O2. The number of carbonyl (C=O) groups excluding carboxylic acids is 2. The predicted molar refractivity (Wildman–Crippen MR) is 110 cm³/mol. The van der Waals surface area contributed by atoms with E-state index >= 15 is 0 Å². The van der Waals surface area contributed by atoms with Crippen LogP contribution in [0.15, 0.2) is 48.5 Å². The number of anilines is 2. The summed E-state index contributed by atoms with van der Waals surface area (Å²) in [6.07, 6.45) is 1.20. The second kappa shape index (κ2) is 7.55. The Bertz CT molecular complexity index is 853. The highest BCUT2D eigenvalue weighted by Gasteiger charge is 2.58. The van der Waals surface area contributed by atoms with Crippen LogP contribution in [-0.4, -0.2) is 18.4 Å². The van der Waals surface area contributed by atoms with Crippen molar-refractivity contribution in [2.45, 2.75) is 46.5 Å². The molecule has 0 aromatic heterocycles. The maximum absolute atomic E-state index is 13.3. The number of benzene rings is 2. The van der Waals surface area contributed by atoms with Crippen LogP contribution >= 0.6 is 0 Å². The normalized spacial score (nSPS) is 14.7. The first-order valence-electron chi connectivity index (χ1n) is 9.68. The fourth-order valence-electron chi connectivity index (χ4n) is 3.52. The van der Waals surface area contributed by atoms with E-state index in [0.29, 0.717) is 25.3 Å². The van der Waals surface area contributed by atoms with Crippen molar-refractivity contribution in [3.05, 3.63) is 59.7 Å². The zero-order valence-electron chi connectivity index (χ0n) is 16.6. The van der Waals surface area contributed by atoms with Gasteiger partial charge < -0.3 is 10.2 Å². The van der Waals surface area contributed by atoms with Crippen molar-refractivity contribution in [1.82, 2.24) is 0 Å². The molecule has 0 bridgehead atoms. The van der Waals surface area contributed by atoms with Gasteiger partial charge in [0.2, 0.25) is 11.8 Å². The summed E-state index contributed by atoms with van der Waals surface area (Å²) in [5.41, 5.74) is 2.89. The predicted octanol–water partition coefficient (Wildman–Crippen LogP) is 4.89. The molecule has 1 N–H and O–H groups in total. The monoisotopic (exact) mass is 364 g/mol. The van der Waals surface area contributed by atoms with Gasteiger partial charge in [0.05, 0.1) is 0 Å². The highest BCUT2D eigenvalue weighted by molar-refractivity contribution is 6.17. The Morgan fingerprint density at radius 1 is 1.11 bits per heavy atom. The smallest absolute Gasteiger partial charge is 0.242 e. The minimum atomic E-state index is -0.941. The van der Waals surface area contributed by atoms with E-state index in [2.05, 4.69) is 19.2 Å². The van der Waals surface area contributed by atoms with Crippen molar-refractivity contribution in [1.29, 1.82) is 0 Å². The first kappa shape index (κ1) is 19.2. The third kappa shape index (κ3) is 3.75. The molecule has 1 fully saturated rings. The van der Waals surface area contributed by atoms with Crippen molar-refractivity contribution in [2.24, 2.45) is 5.41 Å². The van der Waals surface area contributed by atoms with E-state index in [1.165, 1.54) is 0 Å². The number of nitrogens with one attached hydrogen (secondary N) is 1. The quantitative estimate of drug-likeness (QED) is 0.742. The molecule has 3 rings (SSSR count). The SMILES string of the molecule is CCN(C(=O)C1(C(=O)Nc2ccccc2C(C)C)CC1)c1cccc(C)c1. The first-order valence-corrected chi connectivity index (χ1v) is 9.68. The van der Waals surface area contributed by atoms with E-state index in [-0.39, 0.29) is 11.8 Å². The largest absolute Gasteiger partial charge is 0.325 e. The number of nitrogens with zero attached hydrogens (tertiary/aromatic N) is 1. The van der Waals surface area contributed by atoms with Gasteiger partial charge in [-0.05, 0) is 61.9 Å². The molecule has 2 aromatic rings. The van der Waals surface area contributed by atoms with Gasteiger partial charge in [-0.3, -0.25) is 9.59 Å². The van der Waals surface area contributed by atoms with Gasteiger partial charge in [-0.2, -0.15) is 0 Å². The van der Waals surface area contributed by atoms with Gasteiger partial charge >= 0.3 is 0 Å². The lowest BCUT2D eigenvalue weighted by atomic mass is 9.99. The molecule has 0 heterocycles. The Labute approximate surface area is 161 Å². The molecule has 0 spiro atoms. The van der Waals surface area contributed by atoms with Gasteiger partial charge in [-0.1, -0.05) is 44.2 Å². The molecule has 2 aromatic carbocycles. The second-order valence-corrected chi connectivity index (χ2v) is 7.67. The Morgan fingerprint density at radius 2 is 1.81 bits per heavy atom. The highest BCUT2D eigenvalue weighted by atomic mass is 16.2. The van der Waals surface area contributed by atoms with Crippen LogP contribution in [-0.2, 0) is 9.59 Å². The Kier molecular flexibility index (Phi) is 5.36. The number of carbonyl (C=O) groups is 2. The number of para-hydroxylation sites is 1. The number of hydrogen-bond donors (Lipinski definition) is 1. The average Bonchev–Trinajstić information content (AvgIpc) is 3.44. The molecule has 0 atom stereocenters. The van der Waals surface area contributed by atoms with Crippen LogP contribution in [0.5, 0.6) is 0 Å². The van der Waals surface area contributed by atoms with Crippen molar-refractivity contribution in [2.75, 3.05) is 16.8 Å². The summed E-state index contributed by atoms with van der Waals surface area (Å²) in [7, 11) is 0. The van der Waals surface area contributed by atoms with Gasteiger partial charge in [-0.15, -0.1) is 0 Å². The Balaban J connectivity index is 1.83. The Hall–Kier alpha value is -2.62. The minimum absolute atomic E-state index is 0.102. The van der Waals surface area contributed by atoms with Crippen LogP contribution in [0, 0.1) is 12.3 Å². The lowest BCUT2D eigenvalue weighted by molar-refractivity contribution is -0.132. The van der Waals surface area contributed by atoms with E-state index in [1.807, 2.05) is 62.4 Å². The fourth-order valence-corrected chi connectivity index (χ4v) is 3.52. The van der Waals surface area contributed by atoms with Gasteiger partial charge in [0, 0.05) is 17.9 Å². The van der Waals surface area contributed by atoms with E-state index < -0.39 is 5.41 Å². The molecule has 4 nitrogen and oxygen atoms in total. The van der Waals surface area contributed by atoms with Gasteiger partial charge in [0.15, 0.2) is 0 Å². The lowest BCUT2D eigenvalue weighted by Gasteiger charge is -2.26. The van der Waals surface area contributed by atoms with E-state index in [4.69, 9.17) is 0 Å². The second-order valence-electron chi connectivity index (χ2n) is 7.67. The standard InChI is InChI=1S/C23H28N2O2/c1-5-25(18-10-8-9-17(4)15-18)22(27)23(13-14-23)21(26)24-20-12-7-6-11-19(20)16(2)3/h6-12,15-16H,5,13-14H2,1-4H3,(H,24,26). The minimum Gasteiger partial charge on any atom is -0.325 e. The molecule has 2 amide bonds. The summed E-state index contributed by atoms with van der Waals surface area (Å²) in [6, 6.07) is 15.7. The molecule has 142 valence electrons. The zero-order valence-corrected chi connectivity index (χ0v) is 16.6. The molecule has 0 unspecified atom stereocenters. The summed E-state index contributed by atoms with van der Waals surface area (Å²) in [5.74, 6) is 0.00798. The summed E-state index contributed by atoms with van der Waals surface area (Å²) in [4.78, 5) is 28.1. The highest BCUT2D eigenvalue weighted by Crippen LogP contribution is 2.49. The molecule has 27 heavy (non-hydrogen) atoms. The summed E-state index contributed by atoms with van der Waals surface area (Å²) < 4.78 is 0. The van der Waals surface area contributed by atoms with Crippen molar-refractivity contribution >= 4 is 23.2 Å². The van der Waals surface area contributed by atoms with Crippen molar-refractivity contribution in [3.63, 3.8) is 0 Å². The van der Waals surface area contributed by atoms with Gasteiger partial charge in [0.1, 0.15) is 5.41 Å². The molecule has 1 aliphatic rings. The van der Waals surface area contributed by atoms with Crippen LogP contribution in [0.2, 0.25) is 0 Å². The number of amides is 2. The lowest BCUT2D eigenvalue weighted by Crippen LogP contribution is -2.43. The molecule has 0 radical (unpaired) electrons. The van der Waals surface area contributed by atoms with Gasteiger partial charge in [-0.25, -0.2) is 0 Å². The third-order valence-corrected chi connectivity index (χ3v) is 5.30. The number of hydrogen-bond acceptors (Lipinski definition) is 2. The topological polar surface area (TPSA) is 49.4 Å². The summed E-state index contributed by atoms with van der Waals surface area (Å²) in [6.45, 7) is 8.69. The number of rotatable bonds is 6. The Morgan fingerprint density at radius 3 is 2.41 bits per heavy atom. The van der Waals surface area contributed by atoms with E-state index in [9.17, 15) is 9.59 Å². The fraction of sp³-hybridized carbons (Fsp3) is 0.391. The number of aryl methyl sites for hydroxylation is 1. The molecule has 4 heteroatoms. The van der Waals surface area contributed by atoms with E-state index in [0.717, 1.165) is 22.5 Å². The van der Waals surface area contributed by atoms with Crippen LogP contribution in [0.4, 0.5) is 11.4 Å².